The molecule has 2 aromatic carbocycles. The number of anilines is 1. The van der Waals surface area contributed by atoms with E-state index in [2.05, 4.69) is 5.32 Å². The number of benzene rings is 2. The van der Waals surface area contributed by atoms with E-state index < -0.39 is 0 Å². The Morgan fingerprint density at radius 3 is 2.63 bits per heavy atom. The Hall–Kier alpha value is -2.16. The summed E-state index contributed by atoms with van der Waals surface area (Å²) < 4.78 is 12.9. The van der Waals surface area contributed by atoms with Gasteiger partial charge < -0.3 is 5.32 Å². The Morgan fingerprint density at radius 2 is 1.89 bits per heavy atom. The minimum atomic E-state index is -0.254. The van der Waals surface area contributed by atoms with Crippen molar-refractivity contribution in [2.24, 2.45) is 0 Å². The SMILES string of the molecule is Cc1ccc2c(c1)[C@@H](Cc1ccc(F)cc1)C(=O)N2. The summed E-state index contributed by atoms with van der Waals surface area (Å²) in [5.74, 6) is -0.416. The Labute approximate surface area is 111 Å². The van der Waals surface area contributed by atoms with Crippen LogP contribution in [0, 0.1) is 12.7 Å². The standard InChI is InChI=1S/C16H14FNO/c1-10-2-7-15-13(8-10)14(16(19)18-15)9-11-3-5-12(17)6-4-11/h2-8,14H,9H2,1H3,(H,18,19)/t14-/m1/s1. The third kappa shape index (κ3) is 2.24. The van der Waals surface area contributed by atoms with Crippen LogP contribution in [-0.4, -0.2) is 5.91 Å². The molecule has 0 bridgehead atoms. The van der Waals surface area contributed by atoms with Gasteiger partial charge in [-0.25, -0.2) is 4.39 Å². The number of carbonyl (C=O) groups excluding carboxylic acids is 1. The van der Waals surface area contributed by atoms with Crippen molar-refractivity contribution >= 4 is 11.6 Å². The number of carbonyl (C=O) groups is 1. The van der Waals surface area contributed by atoms with Gasteiger partial charge in [-0.1, -0.05) is 29.8 Å². The maximum atomic E-state index is 12.9. The highest BCUT2D eigenvalue weighted by atomic mass is 19.1. The summed E-state index contributed by atoms with van der Waals surface area (Å²) in [5, 5.41) is 2.89. The van der Waals surface area contributed by atoms with E-state index in [0.29, 0.717) is 6.42 Å². The van der Waals surface area contributed by atoms with Crippen molar-refractivity contribution < 1.29 is 9.18 Å². The summed E-state index contributed by atoms with van der Waals surface area (Å²) in [6, 6.07) is 12.3. The zero-order valence-electron chi connectivity index (χ0n) is 10.6. The van der Waals surface area contributed by atoms with Crippen LogP contribution in [0.3, 0.4) is 0 Å². The van der Waals surface area contributed by atoms with E-state index in [1.54, 1.807) is 12.1 Å². The highest BCUT2D eigenvalue weighted by molar-refractivity contribution is 6.03. The van der Waals surface area contributed by atoms with Crippen molar-refractivity contribution in [3.63, 3.8) is 0 Å². The first-order valence-corrected chi connectivity index (χ1v) is 6.29. The molecule has 1 aliphatic rings. The van der Waals surface area contributed by atoms with Gasteiger partial charge in [-0.15, -0.1) is 0 Å². The Balaban J connectivity index is 1.91. The average molecular weight is 255 g/mol. The molecule has 1 heterocycles. The molecule has 0 radical (unpaired) electrons. The highest BCUT2D eigenvalue weighted by Crippen LogP contribution is 2.35. The number of amides is 1. The molecular formula is C16H14FNO. The van der Waals surface area contributed by atoms with Crippen molar-refractivity contribution in [3.8, 4) is 0 Å². The molecule has 96 valence electrons. The highest BCUT2D eigenvalue weighted by Gasteiger charge is 2.30. The molecule has 0 fully saturated rings. The summed E-state index contributed by atoms with van der Waals surface area (Å²) >= 11 is 0. The van der Waals surface area contributed by atoms with Crippen LogP contribution in [0.5, 0.6) is 0 Å². The fraction of sp³-hybridized carbons (Fsp3) is 0.188. The number of rotatable bonds is 2. The molecular weight excluding hydrogens is 241 g/mol. The van der Waals surface area contributed by atoms with E-state index in [0.717, 1.165) is 22.4 Å². The molecule has 1 amide bonds. The molecule has 1 N–H and O–H groups in total. The van der Waals surface area contributed by atoms with E-state index in [9.17, 15) is 9.18 Å². The van der Waals surface area contributed by atoms with Gasteiger partial charge in [0, 0.05) is 5.69 Å². The van der Waals surface area contributed by atoms with Gasteiger partial charge in [0.05, 0.1) is 5.92 Å². The molecule has 0 aromatic heterocycles. The second kappa shape index (κ2) is 4.50. The average Bonchev–Trinajstić information content (AvgIpc) is 2.69. The molecule has 2 aromatic rings. The molecule has 1 atom stereocenters. The van der Waals surface area contributed by atoms with Crippen LogP contribution >= 0.6 is 0 Å². The first-order chi connectivity index (χ1) is 9.13. The smallest absolute Gasteiger partial charge is 0.232 e. The molecule has 3 heteroatoms. The summed E-state index contributed by atoms with van der Waals surface area (Å²) in [4.78, 5) is 12.0. The maximum absolute atomic E-state index is 12.9. The van der Waals surface area contributed by atoms with Crippen LogP contribution < -0.4 is 5.32 Å². The third-order valence-electron chi connectivity index (χ3n) is 3.51. The van der Waals surface area contributed by atoms with Crippen LogP contribution in [0.15, 0.2) is 42.5 Å². The summed E-state index contributed by atoms with van der Waals surface area (Å²) in [6.45, 7) is 2.01. The first kappa shape index (κ1) is 11.9. The van der Waals surface area contributed by atoms with Gasteiger partial charge in [-0.3, -0.25) is 4.79 Å². The monoisotopic (exact) mass is 255 g/mol. The largest absolute Gasteiger partial charge is 0.325 e. The zero-order chi connectivity index (χ0) is 13.4. The van der Waals surface area contributed by atoms with E-state index in [1.807, 2.05) is 25.1 Å². The predicted molar refractivity (Wildman–Crippen MR) is 72.7 cm³/mol. The summed E-state index contributed by atoms with van der Waals surface area (Å²) in [5.41, 5.74) is 4.03. The number of nitrogens with one attached hydrogen (secondary N) is 1. The van der Waals surface area contributed by atoms with Crippen molar-refractivity contribution in [1.29, 1.82) is 0 Å². The lowest BCUT2D eigenvalue weighted by Crippen LogP contribution is -2.14. The fourth-order valence-corrected chi connectivity index (χ4v) is 2.50. The lowest BCUT2D eigenvalue weighted by atomic mass is 9.92. The number of halogens is 1. The summed E-state index contributed by atoms with van der Waals surface area (Å²) in [6.07, 6.45) is 0.600. The predicted octanol–water partition coefficient (Wildman–Crippen LogP) is 3.41. The van der Waals surface area contributed by atoms with Gasteiger partial charge >= 0.3 is 0 Å². The Morgan fingerprint density at radius 1 is 1.16 bits per heavy atom. The van der Waals surface area contributed by atoms with Crippen LogP contribution in [0.1, 0.15) is 22.6 Å². The molecule has 1 aliphatic heterocycles. The van der Waals surface area contributed by atoms with Crippen molar-refractivity contribution in [1.82, 2.24) is 0 Å². The topological polar surface area (TPSA) is 29.1 Å². The quantitative estimate of drug-likeness (QED) is 0.875. The molecule has 0 unspecified atom stereocenters. The Kier molecular flexibility index (Phi) is 2.82. The first-order valence-electron chi connectivity index (χ1n) is 6.29. The van der Waals surface area contributed by atoms with Crippen LogP contribution in [0.4, 0.5) is 10.1 Å². The van der Waals surface area contributed by atoms with Gasteiger partial charge in [0.2, 0.25) is 5.91 Å². The minimum absolute atomic E-state index is 0.0184. The van der Waals surface area contributed by atoms with Crippen LogP contribution in [0.25, 0.3) is 0 Å². The molecule has 2 nitrogen and oxygen atoms in total. The van der Waals surface area contributed by atoms with Crippen LogP contribution in [-0.2, 0) is 11.2 Å². The lowest BCUT2D eigenvalue weighted by molar-refractivity contribution is -0.117. The van der Waals surface area contributed by atoms with E-state index in [-0.39, 0.29) is 17.6 Å². The van der Waals surface area contributed by atoms with Crippen molar-refractivity contribution in [2.75, 3.05) is 5.32 Å². The summed E-state index contributed by atoms with van der Waals surface area (Å²) in [7, 11) is 0. The number of hydrogen-bond acceptors (Lipinski definition) is 1. The lowest BCUT2D eigenvalue weighted by Gasteiger charge is -2.09. The van der Waals surface area contributed by atoms with E-state index in [1.165, 1.54) is 12.1 Å². The van der Waals surface area contributed by atoms with E-state index in [4.69, 9.17) is 0 Å². The maximum Gasteiger partial charge on any atom is 0.232 e. The minimum Gasteiger partial charge on any atom is -0.325 e. The van der Waals surface area contributed by atoms with Gasteiger partial charge in [-0.05, 0) is 42.7 Å². The van der Waals surface area contributed by atoms with Gasteiger partial charge in [0.15, 0.2) is 0 Å². The second-order valence-electron chi connectivity index (χ2n) is 4.96. The fourth-order valence-electron chi connectivity index (χ4n) is 2.50. The zero-order valence-corrected chi connectivity index (χ0v) is 10.6. The molecule has 0 aliphatic carbocycles. The molecule has 19 heavy (non-hydrogen) atoms. The van der Waals surface area contributed by atoms with Gasteiger partial charge in [0.25, 0.3) is 0 Å². The number of aryl methyl sites for hydroxylation is 1. The number of fused-ring (bicyclic) bond motifs is 1. The second-order valence-corrected chi connectivity index (χ2v) is 4.96. The molecule has 0 saturated heterocycles. The molecule has 0 saturated carbocycles. The van der Waals surface area contributed by atoms with Crippen molar-refractivity contribution in [2.45, 2.75) is 19.3 Å². The van der Waals surface area contributed by atoms with Gasteiger partial charge in [-0.2, -0.15) is 0 Å². The normalized spacial score (nSPS) is 17.2. The van der Waals surface area contributed by atoms with Crippen molar-refractivity contribution in [3.05, 3.63) is 65.0 Å². The third-order valence-corrected chi connectivity index (χ3v) is 3.51. The van der Waals surface area contributed by atoms with Gasteiger partial charge in [0.1, 0.15) is 5.82 Å². The molecule has 0 spiro atoms. The Bertz CT molecular complexity index is 634. The van der Waals surface area contributed by atoms with Crippen LogP contribution in [0.2, 0.25) is 0 Å². The molecule has 3 rings (SSSR count). The van der Waals surface area contributed by atoms with E-state index >= 15 is 0 Å². The number of hydrogen-bond donors (Lipinski definition) is 1.